The number of phenols is 3. The number of hydrogen-bond donors (Lipinski definition) is 6. The lowest BCUT2D eigenvalue weighted by Gasteiger charge is -2.41. The molecule has 19 heavy (non-hydrogen) atoms. The first-order valence-electron chi connectivity index (χ1n) is 5.81. The average Bonchev–Trinajstić information content (AvgIpc) is 2.44. The third-order valence-corrected chi connectivity index (χ3v) is 3.36. The number of phenolic OH excluding ortho intramolecular Hbond substituents is 3. The van der Waals surface area contributed by atoms with Gasteiger partial charge < -0.3 is 35.5 Å². The Morgan fingerprint density at radius 1 is 1.00 bits per heavy atom. The lowest BCUT2D eigenvalue weighted by molar-refractivity contribution is 0.0914. The third-order valence-electron chi connectivity index (χ3n) is 3.36. The second-order valence-electron chi connectivity index (χ2n) is 4.26. The zero-order valence-corrected chi connectivity index (χ0v) is 10.6. The predicted molar refractivity (Wildman–Crippen MR) is 68.2 cm³/mol. The van der Waals surface area contributed by atoms with E-state index in [1.807, 2.05) is 0 Å². The van der Waals surface area contributed by atoms with E-state index < -0.39 is 42.7 Å². The molecule has 0 saturated carbocycles. The molecule has 1 rings (SSSR count). The Hall–Kier alpha value is -1.70. The molecule has 0 aromatic heterocycles. The lowest BCUT2D eigenvalue weighted by Crippen LogP contribution is -2.55. The molecule has 1 aromatic carbocycles. The van der Waals surface area contributed by atoms with Gasteiger partial charge in [0, 0.05) is 0 Å². The minimum Gasteiger partial charge on any atom is -0.504 e. The summed E-state index contributed by atoms with van der Waals surface area (Å²) in [7, 11) is 0. The van der Waals surface area contributed by atoms with E-state index >= 15 is 0 Å². The summed E-state index contributed by atoms with van der Waals surface area (Å²) in [4.78, 5) is 1.17. The number of anilines is 1. The minimum atomic E-state index is -1.18. The topological polar surface area (TPSA) is 125 Å². The number of nitrogens with zero attached hydrogens (tertiary/aromatic N) is 1. The van der Waals surface area contributed by atoms with E-state index in [9.17, 15) is 30.6 Å². The predicted octanol–water partition coefficient (Wildman–Crippen LogP) is -0.307. The van der Waals surface area contributed by atoms with Crippen molar-refractivity contribution in [1.29, 1.82) is 0 Å². The molecule has 0 bridgehead atoms. The van der Waals surface area contributed by atoms with Crippen molar-refractivity contribution in [3.05, 3.63) is 12.1 Å². The molecule has 0 radical (unpaired) electrons. The molecular weight excluding hydrogens is 254 g/mol. The number of aromatic hydroxyl groups is 3. The van der Waals surface area contributed by atoms with Gasteiger partial charge in [-0.1, -0.05) is 6.92 Å². The van der Waals surface area contributed by atoms with Gasteiger partial charge in [0.05, 0.1) is 24.4 Å². The van der Waals surface area contributed by atoms with Crippen molar-refractivity contribution in [3.8, 4) is 17.2 Å². The van der Waals surface area contributed by atoms with Crippen molar-refractivity contribution >= 4 is 5.69 Å². The smallest absolute Gasteiger partial charge is 0.202 e. The van der Waals surface area contributed by atoms with Gasteiger partial charge in [-0.3, -0.25) is 0 Å². The normalized spacial score (nSPS) is 11.6. The van der Waals surface area contributed by atoms with Gasteiger partial charge in [0.15, 0.2) is 11.5 Å². The van der Waals surface area contributed by atoms with Gasteiger partial charge in [0.25, 0.3) is 0 Å². The lowest BCUT2D eigenvalue weighted by atomic mass is 9.95. The van der Waals surface area contributed by atoms with Crippen LogP contribution in [0.25, 0.3) is 0 Å². The fourth-order valence-electron chi connectivity index (χ4n) is 1.89. The van der Waals surface area contributed by atoms with Gasteiger partial charge in [-0.15, -0.1) is 0 Å². The first-order valence-corrected chi connectivity index (χ1v) is 5.81. The molecule has 0 atom stereocenters. The maximum atomic E-state index is 9.80. The van der Waals surface area contributed by atoms with Crippen molar-refractivity contribution in [2.45, 2.75) is 18.9 Å². The molecule has 0 aliphatic rings. The molecule has 0 spiro atoms. The van der Waals surface area contributed by atoms with Gasteiger partial charge in [-0.05, 0) is 18.6 Å². The number of benzene rings is 1. The van der Waals surface area contributed by atoms with Gasteiger partial charge in [0.1, 0.15) is 6.73 Å². The number of aliphatic hydroxyl groups is 3. The van der Waals surface area contributed by atoms with Crippen molar-refractivity contribution < 1.29 is 30.6 Å². The van der Waals surface area contributed by atoms with Crippen LogP contribution in [0.2, 0.25) is 0 Å². The first-order chi connectivity index (χ1) is 8.97. The molecule has 7 nitrogen and oxygen atoms in total. The van der Waals surface area contributed by atoms with E-state index in [-0.39, 0.29) is 5.69 Å². The summed E-state index contributed by atoms with van der Waals surface area (Å²) in [6.45, 7) is 0.197. The summed E-state index contributed by atoms with van der Waals surface area (Å²) in [5, 5.41) is 56.9. The Kier molecular flexibility index (Phi) is 4.82. The van der Waals surface area contributed by atoms with E-state index in [4.69, 9.17) is 0 Å². The second-order valence-corrected chi connectivity index (χ2v) is 4.26. The van der Waals surface area contributed by atoms with Gasteiger partial charge in [0.2, 0.25) is 5.75 Å². The Labute approximate surface area is 110 Å². The summed E-state index contributed by atoms with van der Waals surface area (Å²) >= 11 is 0. The molecule has 0 aliphatic carbocycles. The van der Waals surface area contributed by atoms with Crippen LogP contribution in [0.15, 0.2) is 12.1 Å². The Morgan fingerprint density at radius 2 is 1.58 bits per heavy atom. The van der Waals surface area contributed by atoms with Crippen molar-refractivity contribution in [1.82, 2.24) is 0 Å². The van der Waals surface area contributed by atoms with E-state index in [1.165, 1.54) is 11.0 Å². The fourth-order valence-corrected chi connectivity index (χ4v) is 1.89. The molecule has 7 heteroatoms. The molecule has 1 aromatic rings. The highest BCUT2D eigenvalue weighted by molar-refractivity contribution is 5.68. The molecule has 0 heterocycles. The summed E-state index contributed by atoms with van der Waals surface area (Å²) in [6.07, 6.45) is 0.293. The van der Waals surface area contributed by atoms with Gasteiger partial charge >= 0.3 is 0 Å². The first kappa shape index (κ1) is 15.4. The molecule has 6 N–H and O–H groups in total. The zero-order chi connectivity index (χ0) is 14.6. The molecule has 0 fully saturated rings. The second kappa shape index (κ2) is 5.96. The zero-order valence-electron chi connectivity index (χ0n) is 10.6. The average molecular weight is 273 g/mol. The van der Waals surface area contributed by atoms with Gasteiger partial charge in [-0.25, -0.2) is 0 Å². The van der Waals surface area contributed by atoms with E-state index in [0.29, 0.717) is 6.42 Å². The van der Waals surface area contributed by atoms with Crippen molar-refractivity contribution in [3.63, 3.8) is 0 Å². The number of aliphatic hydroxyl groups excluding tert-OH is 3. The van der Waals surface area contributed by atoms with E-state index in [2.05, 4.69) is 0 Å². The summed E-state index contributed by atoms with van der Waals surface area (Å²) in [5.74, 6) is -1.86. The standard InChI is InChI=1S/C12H19NO6/c1-2-12(5-14,6-15)13(7-16)8-3-4-9(17)11(19)10(8)18/h3-4,14-19H,2,5-7H2,1H3. The van der Waals surface area contributed by atoms with Crippen LogP contribution >= 0.6 is 0 Å². The molecule has 0 aliphatic heterocycles. The van der Waals surface area contributed by atoms with Crippen LogP contribution in [0.4, 0.5) is 5.69 Å². The van der Waals surface area contributed by atoms with Crippen LogP contribution in [-0.2, 0) is 0 Å². The maximum absolute atomic E-state index is 9.80. The van der Waals surface area contributed by atoms with Crippen LogP contribution in [0.5, 0.6) is 17.2 Å². The Balaban J connectivity index is 3.35. The van der Waals surface area contributed by atoms with Crippen LogP contribution in [0.3, 0.4) is 0 Å². The van der Waals surface area contributed by atoms with E-state index in [0.717, 1.165) is 6.07 Å². The number of rotatable bonds is 6. The Morgan fingerprint density at radius 3 is 2.00 bits per heavy atom. The molecular formula is C12H19NO6. The van der Waals surface area contributed by atoms with Crippen LogP contribution < -0.4 is 4.90 Å². The third kappa shape index (κ3) is 2.53. The summed E-state index contributed by atoms with van der Waals surface area (Å²) in [5.41, 5.74) is -1.18. The minimum absolute atomic E-state index is 0.00255. The highest BCUT2D eigenvalue weighted by Crippen LogP contribution is 2.43. The Bertz CT molecular complexity index is 424. The highest BCUT2D eigenvalue weighted by Gasteiger charge is 2.36. The molecule has 0 saturated heterocycles. The highest BCUT2D eigenvalue weighted by atomic mass is 16.3. The van der Waals surface area contributed by atoms with Crippen LogP contribution in [0.1, 0.15) is 13.3 Å². The van der Waals surface area contributed by atoms with Crippen molar-refractivity contribution in [2.75, 3.05) is 24.8 Å². The van der Waals surface area contributed by atoms with Crippen molar-refractivity contribution in [2.24, 2.45) is 0 Å². The maximum Gasteiger partial charge on any atom is 0.202 e. The summed E-state index contributed by atoms with van der Waals surface area (Å²) < 4.78 is 0. The fraction of sp³-hybridized carbons (Fsp3) is 0.500. The molecule has 0 amide bonds. The monoisotopic (exact) mass is 273 g/mol. The molecule has 0 unspecified atom stereocenters. The quantitative estimate of drug-likeness (QED) is 0.310. The van der Waals surface area contributed by atoms with Crippen LogP contribution in [-0.4, -0.2) is 56.1 Å². The molecule has 108 valence electrons. The largest absolute Gasteiger partial charge is 0.504 e. The van der Waals surface area contributed by atoms with Gasteiger partial charge in [-0.2, -0.15) is 0 Å². The SMILES string of the molecule is CCC(CO)(CO)N(CO)c1ccc(O)c(O)c1O. The summed E-state index contributed by atoms with van der Waals surface area (Å²) in [6, 6.07) is 2.42. The van der Waals surface area contributed by atoms with E-state index in [1.54, 1.807) is 6.92 Å². The number of hydrogen-bond acceptors (Lipinski definition) is 7. The van der Waals surface area contributed by atoms with Crippen LogP contribution in [0, 0.1) is 0 Å².